The summed E-state index contributed by atoms with van der Waals surface area (Å²) in [5, 5.41) is 19.5. The number of hydrogen-bond acceptors (Lipinski definition) is 5. The normalized spacial score (nSPS) is 14.9. The first-order valence-electron chi connectivity index (χ1n) is 5.38. The molecule has 1 saturated heterocycles. The lowest BCUT2D eigenvalue weighted by Crippen LogP contribution is -2.51. The highest BCUT2D eigenvalue weighted by Crippen LogP contribution is 2.28. The van der Waals surface area contributed by atoms with Crippen molar-refractivity contribution in [3.05, 3.63) is 26.9 Å². The first-order valence-corrected chi connectivity index (χ1v) is 6.17. The molecule has 1 aliphatic rings. The van der Waals surface area contributed by atoms with Crippen LogP contribution in [-0.2, 0) is 0 Å². The Kier molecular flexibility index (Phi) is 3.84. The summed E-state index contributed by atoms with van der Waals surface area (Å²) in [6.45, 7) is 0.957. The SMILES string of the molecule is O=C(O)N1CC(COc2ncc(Br)cc2[N+](=O)[O-])C1. The maximum absolute atomic E-state index is 10.8. The van der Waals surface area contributed by atoms with Gasteiger partial charge in [-0.3, -0.25) is 10.1 Å². The molecule has 0 radical (unpaired) electrons. The van der Waals surface area contributed by atoms with Crippen LogP contribution >= 0.6 is 15.9 Å². The van der Waals surface area contributed by atoms with E-state index in [0.717, 1.165) is 0 Å². The van der Waals surface area contributed by atoms with E-state index < -0.39 is 11.0 Å². The number of nitro groups is 1. The summed E-state index contributed by atoms with van der Waals surface area (Å²) in [6, 6.07) is 1.31. The van der Waals surface area contributed by atoms with Gasteiger partial charge in [0.25, 0.3) is 5.88 Å². The third-order valence-corrected chi connectivity index (χ3v) is 3.11. The van der Waals surface area contributed by atoms with Gasteiger partial charge in [0.05, 0.1) is 11.5 Å². The number of pyridine rings is 1. The Hall–Kier alpha value is -1.90. The predicted molar refractivity (Wildman–Crippen MR) is 67.2 cm³/mol. The van der Waals surface area contributed by atoms with Gasteiger partial charge in [-0.05, 0) is 15.9 Å². The van der Waals surface area contributed by atoms with E-state index in [9.17, 15) is 14.9 Å². The standard InChI is InChI=1S/C10H10BrN3O5/c11-7-1-8(14(17)18)9(12-2-7)19-5-6-3-13(4-6)10(15)16/h1-2,6H,3-5H2,(H,15,16). The quantitative estimate of drug-likeness (QED) is 0.665. The fourth-order valence-electron chi connectivity index (χ4n) is 1.69. The van der Waals surface area contributed by atoms with Crippen molar-refractivity contribution in [1.82, 2.24) is 9.88 Å². The number of hydrogen-bond donors (Lipinski definition) is 1. The molecule has 1 aromatic rings. The molecule has 19 heavy (non-hydrogen) atoms. The molecule has 0 spiro atoms. The van der Waals surface area contributed by atoms with Gasteiger partial charge in [0.1, 0.15) is 0 Å². The molecule has 0 aliphatic carbocycles. The molecule has 0 aromatic carbocycles. The maximum atomic E-state index is 10.8. The number of carbonyl (C=O) groups is 1. The zero-order valence-corrected chi connectivity index (χ0v) is 11.2. The second-order valence-electron chi connectivity index (χ2n) is 4.10. The highest BCUT2D eigenvalue weighted by atomic mass is 79.9. The van der Waals surface area contributed by atoms with Crippen molar-refractivity contribution in [3.8, 4) is 5.88 Å². The van der Waals surface area contributed by atoms with Crippen LogP contribution in [0.4, 0.5) is 10.5 Å². The Bertz CT molecular complexity index is 518. The first-order chi connectivity index (χ1) is 8.97. The molecule has 0 unspecified atom stereocenters. The number of carboxylic acid groups (broad SMARTS) is 1. The van der Waals surface area contributed by atoms with Crippen LogP contribution in [0.25, 0.3) is 0 Å². The van der Waals surface area contributed by atoms with Crippen LogP contribution < -0.4 is 4.74 Å². The zero-order valence-electron chi connectivity index (χ0n) is 9.65. The summed E-state index contributed by atoms with van der Waals surface area (Å²) in [7, 11) is 0. The molecule has 1 N–H and O–H groups in total. The molecule has 1 amide bonds. The number of likely N-dealkylation sites (tertiary alicyclic amines) is 1. The fraction of sp³-hybridized carbons (Fsp3) is 0.400. The Morgan fingerprint density at radius 3 is 2.95 bits per heavy atom. The second kappa shape index (κ2) is 5.39. The molecule has 102 valence electrons. The number of aromatic nitrogens is 1. The van der Waals surface area contributed by atoms with Gasteiger partial charge in [0, 0.05) is 35.7 Å². The van der Waals surface area contributed by atoms with Crippen LogP contribution in [0.2, 0.25) is 0 Å². The number of halogens is 1. The third-order valence-electron chi connectivity index (χ3n) is 2.68. The predicted octanol–water partition coefficient (Wildman–Crippen LogP) is 1.74. The first kappa shape index (κ1) is 13.5. The molecule has 1 fully saturated rings. The molecule has 9 heteroatoms. The lowest BCUT2D eigenvalue weighted by Gasteiger charge is -2.36. The van der Waals surface area contributed by atoms with Crippen LogP contribution in [0.1, 0.15) is 0 Å². The van der Waals surface area contributed by atoms with Crippen molar-refractivity contribution >= 4 is 27.7 Å². The molecule has 1 aromatic heterocycles. The number of nitrogens with zero attached hydrogens (tertiary/aromatic N) is 3. The Morgan fingerprint density at radius 2 is 2.37 bits per heavy atom. The average molecular weight is 332 g/mol. The molecule has 2 rings (SSSR count). The lowest BCUT2D eigenvalue weighted by molar-refractivity contribution is -0.386. The van der Waals surface area contributed by atoms with Gasteiger partial charge in [-0.15, -0.1) is 0 Å². The largest absolute Gasteiger partial charge is 0.472 e. The minimum absolute atomic E-state index is 0.0427. The summed E-state index contributed by atoms with van der Waals surface area (Å²) in [5.74, 6) is -0.0110. The van der Waals surface area contributed by atoms with E-state index in [-0.39, 0.29) is 24.1 Å². The smallest absolute Gasteiger partial charge is 0.407 e. The summed E-state index contributed by atoms with van der Waals surface area (Å²) < 4.78 is 5.79. The van der Waals surface area contributed by atoms with Gasteiger partial charge >= 0.3 is 11.8 Å². The number of ether oxygens (including phenoxy) is 1. The van der Waals surface area contributed by atoms with Crippen LogP contribution in [0.15, 0.2) is 16.7 Å². The van der Waals surface area contributed by atoms with Crippen molar-refractivity contribution in [3.63, 3.8) is 0 Å². The van der Waals surface area contributed by atoms with Crippen LogP contribution in [0.5, 0.6) is 5.88 Å². The van der Waals surface area contributed by atoms with E-state index in [1.807, 2.05) is 0 Å². The zero-order chi connectivity index (χ0) is 14.0. The molecule has 0 bridgehead atoms. The molecule has 8 nitrogen and oxygen atoms in total. The molecule has 0 atom stereocenters. The van der Waals surface area contributed by atoms with E-state index in [2.05, 4.69) is 20.9 Å². The van der Waals surface area contributed by atoms with Crippen molar-refractivity contribution < 1.29 is 19.6 Å². The van der Waals surface area contributed by atoms with Crippen LogP contribution in [0.3, 0.4) is 0 Å². The summed E-state index contributed by atoms with van der Waals surface area (Å²) in [5.41, 5.74) is -0.219. The lowest BCUT2D eigenvalue weighted by atomic mass is 10.0. The van der Waals surface area contributed by atoms with Gasteiger partial charge in [-0.2, -0.15) is 0 Å². The highest BCUT2D eigenvalue weighted by molar-refractivity contribution is 9.10. The molecular weight excluding hydrogens is 322 g/mol. The highest BCUT2D eigenvalue weighted by Gasteiger charge is 2.31. The van der Waals surface area contributed by atoms with Crippen LogP contribution in [0, 0.1) is 16.0 Å². The Balaban J connectivity index is 1.94. The average Bonchev–Trinajstić information content (AvgIpc) is 2.27. The summed E-state index contributed by atoms with van der Waals surface area (Å²) in [6.07, 6.45) is 0.441. The van der Waals surface area contributed by atoms with Gasteiger partial charge in [-0.25, -0.2) is 9.78 Å². The number of rotatable bonds is 4. The van der Waals surface area contributed by atoms with Crippen molar-refractivity contribution in [2.24, 2.45) is 5.92 Å². The topological polar surface area (TPSA) is 106 Å². The minimum Gasteiger partial charge on any atom is -0.472 e. The van der Waals surface area contributed by atoms with E-state index in [1.165, 1.54) is 17.2 Å². The number of amides is 1. The van der Waals surface area contributed by atoms with Crippen LogP contribution in [-0.4, -0.2) is 45.7 Å². The van der Waals surface area contributed by atoms with E-state index in [1.54, 1.807) is 0 Å². The minimum atomic E-state index is -0.969. The second-order valence-corrected chi connectivity index (χ2v) is 5.02. The third kappa shape index (κ3) is 3.11. The van der Waals surface area contributed by atoms with E-state index >= 15 is 0 Å². The van der Waals surface area contributed by atoms with Gasteiger partial charge < -0.3 is 14.7 Å². The fourth-order valence-corrected chi connectivity index (χ4v) is 2.01. The monoisotopic (exact) mass is 331 g/mol. The molecule has 2 heterocycles. The van der Waals surface area contributed by atoms with E-state index in [4.69, 9.17) is 9.84 Å². The maximum Gasteiger partial charge on any atom is 0.407 e. The summed E-state index contributed by atoms with van der Waals surface area (Å²) >= 11 is 3.10. The van der Waals surface area contributed by atoms with Gasteiger partial charge in [0.15, 0.2) is 0 Å². The van der Waals surface area contributed by atoms with E-state index in [0.29, 0.717) is 17.6 Å². The molecular formula is C10H10BrN3O5. The van der Waals surface area contributed by atoms with Crippen molar-refractivity contribution in [1.29, 1.82) is 0 Å². The van der Waals surface area contributed by atoms with Gasteiger partial charge in [0.2, 0.25) is 0 Å². The molecule has 0 saturated carbocycles. The Labute approximate surface area is 116 Å². The molecule has 1 aliphatic heterocycles. The van der Waals surface area contributed by atoms with Crippen molar-refractivity contribution in [2.75, 3.05) is 19.7 Å². The summed E-state index contributed by atoms with van der Waals surface area (Å²) in [4.78, 5) is 25.9. The van der Waals surface area contributed by atoms with Crippen molar-refractivity contribution in [2.45, 2.75) is 0 Å². The van der Waals surface area contributed by atoms with Gasteiger partial charge in [-0.1, -0.05) is 0 Å². The Morgan fingerprint density at radius 1 is 1.68 bits per heavy atom.